The SMILES string of the molecule is CCC(NC)c1cccc(N(C)C)c1. The number of anilines is 1. The maximum Gasteiger partial charge on any atom is 0.0364 e. The fraction of sp³-hybridized carbons (Fsp3) is 0.500. The van der Waals surface area contributed by atoms with E-state index in [0.29, 0.717) is 6.04 Å². The molecule has 78 valence electrons. The maximum absolute atomic E-state index is 3.32. The smallest absolute Gasteiger partial charge is 0.0364 e. The van der Waals surface area contributed by atoms with Crippen molar-refractivity contribution in [2.24, 2.45) is 0 Å². The molecule has 2 heteroatoms. The Kier molecular flexibility index (Phi) is 3.96. The standard InChI is InChI=1S/C12H20N2/c1-5-12(13-2)10-7-6-8-11(9-10)14(3)4/h6-9,12-13H,5H2,1-4H3. The highest BCUT2D eigenvalue weighted by Crippen LogP contribution is 2.20. The van der Waals surface area contributed by atoms with E-state index in [0.717, 1.165) is 6.42 Å². The minimum Gasteiger partial charge on any atom is -0.378 e. The van der Waals surface area contributed by atoms with Gasteiger partial charge in [-0.25, -0.2) is 0 Å². The Morgan fingerprint density at radius 1 is 1.36 bits per heavy atom. The molecule has 0 aromatic heterocycles. The van der Waals surface area contributed by atoms with Gasteiger partial charge in [-0.1, -0.05) is 19.1 Å². The van der Waals surface area contributed by atoms with E-state index in [4.69, 9.17) is 0 Å². The van der Waals surface area contributed by atoms with Gasteiger partial charge in [-0.05, 0) is 31.2 Å². The summed E-state index contributed by atoms with van der Waals surface area (Å²) in [6, 6.07) is 9.13. The predicted octanol–water partition coefficient (Wildman–Crippen LogP) is 2.42. The summed E-state index contributed by atoms with van der Waals surface area (Å²) >= 11 is 0. The van der Waals surface area contributed by atoms with Crippen molar-refractivity contribution < 1.29 is 0 Å². The monoisotopic (exact) mass is 192 g/mol. The van der Waals surface area contributed by atoms with E-state index >= 15 is 0 Å². The predicted molar refractivity (Wildman–Crippen MR) is 62.9 cm³/mol. The van der Waals surface area contributed by atoms with E-state index in [-0.39, 0.29) is 0 Å². The number of hydrogen-bond donors (Lipinski definition) is 1. The largest absolute Gasteiger partial charge is 0.378 e. The number of benzene rings is 1. The highest BCUT2D eigenvalue weighted by atomic mass is 15.1. The van der Waals surface area contributed by atoms with Gasteiger partial charge in [0.1, 0.15) is 0 Å². The Labute approximate surface area is 86.9 Å². The second-order valence-corrected chi connectivity index (χ2v) is 3.74. The van der Waals surface area contributed by atoms with Crippen molar-refractivity contribution in [3.05, 3.63) is 29.8 Å². The average Bonchev–Trinajstić information content (AvgIpc) is 2.20. The summed E-state index contributed by atoms with van der Waals surface area (Å²) < 4.78 is 0. The van der Waals surface area contributed by atoms with Crippen molar-refractivity contribution in [2.45, 2.75) is 19.4 Å². The zero-order valence-corrected chi connectivity index (χ0v) is 9.54. The van der Waals surface area contributed by atoms with Crippen LogP contribution in [0, 0.1) is 0 Å². The lowest BCUT2D eigenvalue weighted by molar-refractivity contribution is 0.577. The Bertz CT molecular complexity index is 277. The normalized spacial score (nSPS) is 12.6. The minimum absolute atomic E-state index is 0.468. The lowest BCUT2D eigenvalue weighted by Gasteiger charge is -2.18. The number of nitrogens with zero attached hydrogens (tertiary/aromatic N) is 1. The summed E-state index contributed by atoms with van der Waals surface area (Å²) in [6.45, 7) is 2.20. The molecule has 1 aromatic rings. The van der Waals surface area contributed by atoms with Crippen LogP contribution < -0.4 is 10.2 Å². The van der Waals surface area contributed by atoms with Gasteiger partial charge < -0.3 is 10.2 Å². The van der Waals surface area contributed by atoms with Crippen LogP contribution in [0.1, 0.15) is 24.9 Å². The molecule has 1 N–H and O–H groups in total. The summed E-state index contributed by atoms with van der Waals surface area (Å²) in [7, 11) is 6.15. The second-order valence-electron chi connectivity index (χ2n) is 3.74. The zero-order valence-electron chi connectivity index (χ0n) is 9.54. The topological polar surface area (TPSA) is 15.3 Å². The number of hydrogen-bond acceptors (Lipinski definition) is 2. The van der Waals surface area contributed by atoms with Gasteiger partial charge in [0.05, 0.1) is 0 Å². The molecule has 0 bridgehead atoms. The summed E-state index contributed by atoms with van der Waals surface area (Å²) in [4.78, 5) is 2.13. The Balaban J connectivity index is 2.92. The van der Waals surface area contributed by atoms with Crippen LogP contribution in [-0.2, 0) is 0 Å². The Morgan fingerprint density at radius 2 is 2.07 bits per heavy atom. The van der Waals surface area contributed by atoms with Crippen LogP contribution in [0.3, 0.4) is 0 Å². The third-order valence-electron chi connectivity index (χ3n) is 2.55. The third-order valence-corrected chi connectivity index (χ3v) is 2.55. The summed E-state index contributed by atoms with van der Waals surface area (Å²) in [6.07, 6.45) is 1.12. The summed E-state index contributed by atoms with van der Waals surface area (Å²) in [5, 5.41) is 3.32. The molecule has 1 aromatic carbocycles. The van der Waals surface area contributed by atoms with Gasteiger partial charge in [0.2, 0.25) is 0 Å². The fourth-order valence-corrected chi connectivity index (χ4v) is 1.63. The number of nitrogens with one attached hydrogen (secondary N) is 1. The second kappa shape index (κ2) is 5.01. The lowest BCUT2D eigenvalue weighted by Crippen LogP contribution is -2.16. The molecule has 1 rings (SSSR count). The molecule has 0 saturated carbocycles. The molecule has 0 aliphatic rings. The molecule has 0 heterocycles. The summed E-state index contributed by atoms with van der Waals surface area (Å²) in [5.74, 6) is 0. The van der Waals surface area contributed by atoms with E-state index < -0.39 is 0 Å². The van der Waals surface area contributed by atoms with Crippen LogP contribution in [0.25, 0.3) is 0 Å². The average molecular weight is 192 g/mol. The van der Waals surface area contributed by atoms with Crippen molar-refractivity contribution in [2.75, 3.05) is 26.0 Å². The Morgan fingerprint density at radius 3 is 2.57 bits per heavy atom. The lowest BCUT2D eigenvalue weighted by atomic mass is 10.0. The van der Waals surface area contributed by atoms with Crippen molar-refractivity contribution in [3.63, 3.8) is 0 Å². The molecule has 0 saturated heterocycles. The van der Waals surface area contributed by atoms with Crippen LogP contribution in [0.5, 0.6) is 0 Å². The van der Waals surface area contributed by atoms with Crippen molar-refractivity contribution >= 4 is 5.69 Å². The van der Waals surface area contributed by atoms with Gasteiger partial charge in [-0.2, -0.15) is 0 Å². The molecule has 0 spiro atoms. The van der Waals surface area contributed by atoms with E-state index in [9.17, 15) is 0 Å². The van der Waals surface area contributed by atoms with Crippen molar-refractivity contribution in [1.29, 1.82) is 0 Å². The molecule has 0 amide bonds. The molecular weight excluding hydrogens is 172 g/mol. The Hall–Kier alpha value is -1.02. The first-order chi connectivity index (χ1) is 6.69. The minimum atomic E-state index is 0.468. The van der Waals surface area contributed by atoms with Gasteiger partial charge in [-0.3, -0.25) is 0 Å². The van der Waals surface area contributed by atoms with Crippen LogP contribution in [0.15, 0.2) is 24.3 Å². The molecular formula is C12H20N2. The van der Waals surface area contributed by atoms with Gasteiger partial charge in [-0.15, -0.1) is 0 Å². The maximum atomic E-state index is 3.32. The first kappa shape index (κ1) is 11.1. The van der Waals surface area contributed by atoms with E-state index in [1.807, 2.05) is 7.05 Å². The summed E-state index contributed by atoms with van der Waals surface area (Å²) in [5.41, 5.74) is 2.62. The van der Waals surface area contributed by atoms with Crippen molar-refractivity contribution in [3.8, 4) is 0 Å². The van der Waals surface area contributed by atoms with Crippen LogP contribution in [0.4, 0.5) is 5.69 Å². The van der Waals surface area contributed by atoms with Gasteiger partial charge in [0.15, 0.2) is 0 Å². The van der Waals surface area contributed by atoms with Gasteiger partial charge in [0.25, 0.3) is 0 Å². The molecule has 14 heavy (non-hydrogen) atoms. The molecule has 1 unspecified atom stereocenters. The first-order valence-electron chi connectivity index (χ1n) is 5.13. The van der Waals surface area contributed by atoms with E-state index in [2.05, 4.69) is 55.5 Å². The molecule has 0 fully saturated rings. The highest BCUT2D eigenvalue weighted by molar-refractivity contribution is 5.47. The molecule has 1 atom stereocenters. The fourth-order valence-electron chi connectivity index (χ4n) is 1.63. The zero-order chi connectivity index (χ0) is 10.6. The quantitative estimate of drug-likeness (QED) is 0.788. The third kappa shape index (κ3) is 2.48. The molecule has 0 aliphatic carbocycles. The highest BCUT2D eigenvalue weighted by Gasteiger charge is 2.06. The van der Waals surface area contributed by atoms with Gasteiger partial charge in [0, 0.05) is 25.8 Å². The molecule has 0 aliphatic heterocycles. The van der Waals surface area contributed by atoms with E-state index in [1.54, 1.807) is 0 Å². The van der Waals surface area contributed by atoms with Crippen molar-refractivity contribution in [1.82, 2.24) is 5.32 Å². The van der Waals surface area contributed by atoms with E-state index in [1.165, 1.54) is 11.3 Å². The van der Waals surface area contributed by atoms with Crippen LogP contribution >= 0.6 is 0 Å². The van der Waals surface area contributed by atoms with Gasteiger partial charge >= 0.3 is 0 Å². The number of rotatable bonds is 4. The first-order valence-corrected chi connectivity index (χ1v) is 5.13. The molecule has 0 radical (unpaired) electrons. The molecule has 2 nitrogen and oxygen atoms in total. The van der Waals surface area contributed by atoms with Crippen LogP contribution in [0.2, 0.25) is 0 Å². The van der Waals surface area contributed by atoms with Crippen LogP contribution in [-0.4, -0.2) is 21.1 Å².